The molecule has 0 aliphatic heterocycles. The third-order valence-corrected chi connectivity index (χ3v) is 11.2. The minimum atomic E-state index is 1.21. The molecule has 11 aromatic rings. The van der Waals surface area contributed by atoms with Gasteiger partial charge in [0.1, 0.15) is 0 Å². The first-order valence-electron chi connectivity index (χ1n) is 18.1. The van der Waals surface area contributed by atoms with Crippen molar-refractivity contribution >= 4 is 75.4 Å². The van der Waals surface area contributed by atoms with Crippen molar-refractivity contribution in [2.24, 2.45) is 0 Å². The first kappa shape index (κ1) is 29.0. The van der Waals surface area contributed by atoms with Gasteiger partial charge in [0.2, 0.25) is 0 Å². The van der Waals surface area contributed by atoms with Crippen LogP contribution in [0.1, 0.15) is 0 Å². The maximum absolute atomic E-state index is 2.47. The standard InChI is InChI=1S/C52H32/c1-2-12-33(13-3-1)49-32-50-45-29-26-36-16-6-9-19-39(36)42(45)30-31-48(50)51(46-22-10-20-40-37-17-7-4-14-34(37)24-27-43(40)46)52(49)47-23-11-21-41-38-18-8-5-15-35(38)25-28-44(41)47/h1-32H. The van der Waals surface area contributed by atoms with E-state index in [9.17, 15) is 0 Å². The second kappa shape index (κ2) is 11.4. The Hall–Kier alpha value is -6.76. The second-order valence-electron chi connectivity index (χ2n) is 14.0. The number of hydrogen-bond donors (Lipinski definition) is 0. The Labute approximate surface area is 301 Å². The maximum atomic E-state index is 2.47. The minimum Gasteiger partial charge on any atom is -0.0622 e. The largest absolute Gasteiger partial charge is 0.0622 e. The summed E-state index contributed by atoms with van der Waals surface area (Å²) in [5, 5.41) is 17.8. The van der Waals surface area contributed by atoms with E-state index in [1.165, 1.54) is 109 Å². The van der Waals surface area contributed by atoms with Crippen LogP contribution in [0.25, 0.3) is 109 Å². The Morgan fingerprint density at radius 2 is 0.596 bits per heavy atom. The maximum Gasteiger partial charge on any atom is -0.00139 e. The zero-order chi connectivity index (χ0) is 34.2. The van der Waals surface area contributed by atoms with Crippen LogP contribution in [0.3, 0.4) is 0 Å². The summed E-state index contributed by atoms with van der Waals surface area (Å²) < 4.78 is 0. The fourth-order valence-corrected chi connectivity index (χ4v) is 8.89. The van der Waals surface area contributed by atoms with Crippen LogP contribution in [0.15, 0.2) is 194 Å². The SMILES string of the molecule is c1ccc(-c2cc3c(ccc4c5ccccc5ccc34)c(-c3cccc4c3ccc3ccccc34)c2-c2cccc3c2ccc2ccccc23)cc1. The molecule has 0 fully saturated rings. The molecule has 52 heavy (non-hydrogen) atoms. The molecule has 0 amide bonds. The molecule has 0 bridgehead atoms. The van der Waals surface area contributed by atoms with Crippen molar-refractivity contribution in [1.82, 2.24) is 0 Å². The van der Waals surface area contributed by atoms with Gasteiger partial charge in [-0.25, -0.2) is 0 Å². The molecule has 0 N–H and O–H groups in total. The van der Waals surface area contributed by atoms with Gasteiger partial charge in [-0.1, -0.05) is 188 Å². The molecule has 0 aliphatic carbocycles. The van der Waals surface area contributed by atoms with Crippen LogP contribution in [-0.4, -0.2) is 0 Å². The third-order valence-electron chi connectivity index (χ3n) is 11.2. The van der Waals surface area contributed by atoms with Crippen molar-refractivity contribution in [3.8, 4) is 33.4 Å². The summed E-state index contributed by atoms with van der Waals surface area (Å²) in [6.45, 7) is 0. The van der Waals surface area contributed by atoms with Crippen molar-refractivity contribution in [3.05, 3.63) is 194 Å². The van der Waals surface area contributed by atoms with E-state index in [-0.39, 0.29) is 0 Å². The Morgan fingerprint density at radius 3 is 1.17 bits per heavy atom. The summed E-state index contributed by atoms with van der Waals surface area (Å²) in [7, 11) is 0. The van der Waals surface area contributed by atoms with E-state index < -0.39 is 0 Å². The summed E-state index contributed by atoms with van der Waals surface area (Å²) in [4.78, 5) is 0. The van der Waals surface area contributed by atoms with Crippen molar-refractivity contribution in [3.63, 3.8) is 0 Å². The number of hydrogen-bond acceptors (Lipinski definition) is 0. The average Bonchev–Trinajstić information content (AvgIpc) is 3.22. The number of rotatable bonds is 3. The lowest BCUT2D eigenvalue weighted by molar-refractivity contribution is 1.62. The highest BCUT2D eigenvalue weighted by molar-refractivity contribution is 6.26. The lowest BCUT2D eigenvalue weighted by atomic mass is 9.80. The van der Waals surface area contributed by atoms with Gasteiger partial charge >= 0.3 is 0 Å². The van der Waals surface area contributed by atoms with Gasteiger partial charge < -0.3 is 0 Å². The Balaban J connectivity index is 1.38. The molecule has 0 spiro atoms. The molecule has 0 aromatic heterocycles. The van der Waals surface area contributed by atoms with Gasteiger partial charge in [0.05, 0.1) is 0 Å². The van der Waals surface area contributed by atoms with E-state index in [4.69, 9.17) is 0 Å². The molecule has 0 radical (unpaired) electrons. The van der Waals surface area contributed by atoms with Crippen molar-refractivity contribution in [2.75, 3.05) is 0 Å². The lowest BCUT2D eigenvalue weighted by Crippen LogP contribution is -1.96. The van der Waals surface area contributed by atoms with Crippen LogP contribution in [0.2, 0.25) is 0 Å². The van der Waals surface area contributed by atoms with Crippen LogP contribution in [0.4, 0.5) is 0 Å². The summed E-state index contributed by atoms with van der Waals surface area (Å²) in [6.07, 6.45) is 0. The zero-order valence-corrected chi connectivity index (χ0v) is 28.5. The molecular formula is C52H32. The molecule has 0 unspecified atom stereocenters. The number of fused-ring (bicyclic) bond motifs is 11. The summed E-state index contributed by atoms with van der Waals surface area (Å²) in [5.41, 5.74) is 7.48. The van der Waals surface area contributed by atoms with Crippen LogP contribution < -0.4 is 0 Å². The molecule has 0 saturated heterocycles. The van der Waals surface area contributed by atoms with Gasteiger partial charge in [0.15, 0.2) is 0 Å². The minimum absolute atomic E-state index is 1.21. The summed E-state index contributed by atoms with van der Waals surface area (Å²) in [5.74, 6) is 0. The fourth-order valence-electron chi connectivity index (χ4n) is 8.89. The predicted molar refractivity (Wildman–Crippen MR) is 225 cm³/mol. The van der Waals surface area contributed by atoms with Gasteiger partial charge in [0.25, 0.3) is 0 Å². The molecule has 11 aromatic carbocycles. The van der Waals surface area contributed by atoms with Crippen molar-refractivity contribution < 1.29 is 0 Å². The highest BCUT2D eigenvalue weighted by atomic mass is 14.3. The van der Waals surface area contributed by atoms with Gasteiger partial charge in [-0.15, -0.1) is 0 Å². The highest BCUT2D eigenvalue weighted by Gasteiger charge is 2.23. The first-order chi connectivity index (χ1) is 25.8. The normalized spacial score (nSPS) is 11.8. The number of benzene rings is 11. The van der Waals surface area contributed by atoms with E-state index in [0.717, 1.165) is 0 Å². The molecule has 0 aliphatic rings. The van der Waals surface area contributed by atoms with Gasteiger partial charge in [-0.05, 0) is 115 Å². The van der Waals surface area contributed by atoms with Gasteiger partial charge in [-0.3, -0.25) is 0 Å². The smallest absolute Gasteiger partial charge is 0.00139 e. The second-order valence-corrected chi connectivity index (χ2v) is 14.0. The van der Waals surface area contributed by atoms with Gasteiger partial charge in [0, 0.05) is 0 Å². The topological polar surface area (TPSA) is 0 Å². The van der Waals surface area contributed by atoms with E-state index in [2.05, 4.69) is 194 Å². The van der Waals surface area contributed by atoms with E-state index in [1.54, 1.807) is 0 Å². The quantitative estimate of drug-likeness (QED) is 0.166. The molecule has 0 nitrogen and oxygen atoms in total. The summed E-state index contributed by atoms with van der Waals surface area (Å²) in [6, 6.07) is 72.1. The monoisotopic (exact) mass is 656 g/mol. The van der Waals surface area contributed by atoms with Gasteiger partial charge in [-0.2, -0.15) is 0 Å². The van der Waals surface area contributed by atoms with Crippen LogP contribution in [0, 0.1) is 0 Å². The van der Waals surface area contributed by atoms with E-state index in [0.29, 0.717) is 0 Å². The van der Waals surface area contributed by atoms with Crippen LogP contribution in [-0.2, 0) is 0 Å². The molecule has 240 valence electrons. The van der Waals surface area contributed by atoms with Crippen molar-refractivity contribution in [1.29, 1.82) is 0 Å². The van der Waals surface area contributed by atoms with E-state index >= 15 is 0 Å². The highest BCUT2D eigenvalue weighted by Crippen LogP contribution is 2.50. The molecule has 11 rings (SSSR count). The fraction of sp³-hybridized carbons (Fsp3) is 0. The first-order valence-corrected chi connectivity index (χ1v) is 18.1. The average molecular weight is 657 g/mol. The Morgan fingerprint density at radius 1 is 0.192 bits per heavy atom. The predicted octanol–water partition coefficient (Wildman–Crippen LogP) is 14.8. The Kier molecular flexibility index (Phi) is 6.35. The van der Waals surface area contributed by atoms with Crippen LogP contribution in [0.5, 0.6) is 0 Å². The summed E-state index contributed by atoms with van der Waals surface area (Å²) >= 11 is 0. The third kappa shape index (κ3) is 4.28. The van der Waals surface area contributed by atoms with E-state index in [1.807, 2.05) is 0 Å². The molecule has 0 atom stereocenters. The molecular weight excluding hydrogens is 625 g/mol. The lowest BCUT2D eigenvalue weighted by Gasteiger charge is -2.23. The van der Waals surface area contributed by atoms with Crippen molar-refractivity contribution in [2.45, 2.75) is 0 Å². The molecule has 0 saturated carbocycles. The van der Waals surface area contributed by atoms with Crippen LogP contribution >= 0.6 is 0 Å². The zero-order valence-electron chi connectivity index (χ0n) is 28.5. The molecule has 0 heterocycles. The Bertz CT molecular complexity index is 3220. The molecule has 0 heteroatoms.